The zero-order valence-electron chi connectivity index (χ0n) is 12.4. The van der Waals surface area contributed by atoms with Crippen molar-refractivity contribution in [1.82, 2.24) is 4.90 Å². The third-order valence-corrected chi connectivity index (χ3v) is 4.20. The maximum Gasteiger partial charge on any atom is 0.508 e. The molecular formula is C16H24N2O2+2. The smallest absolute Gasteiger partial charge is 0.492 e. The quantitative estimate of drug-likeness (QED) is 0.485. The maximum atomic E-state index is 12.1. The molecule has 2 aliphatic rings. The van der Waals surface area contributed by atoms with Crippen molar-refractivity contribution in [2.24, 2.45) is 5.41 Å². The van der Waals surface area contributed by atoms with E-state index in [9.17, 15) is 9.90 Å². The lowest BCUT2D eigenvalue weighted by Gasteiger charge is -2.36. The van der Waals surface area contributed by atoms with Gasteiger partial charge in [0, 0.05) is 0 Å². The second kappa shape index (κ2) is 5.83. The van der Waals surface area contributed by atoms with Gasteiger partial charge < -0.3 is 5.11 Å². The lowest BCUT2D eigenvalue weighted by atomic mass is 9.83. The minimum Gasteiger partial charge on any atom is -0.492 e. The number of aliphatic hydroxyl groups is 1. The first kappa shape index (κ1) is 14.9. The van der Waals surface area contributed by atoms with Gasteiger partial charge in [0.25, 0.3) is 11.8 Å². The average molecular weight is 276 g/mol. The van der Waals surface area contributed by atoms with Crippen LogP contribution in [0.1, 0.15) is 26.7 Å². The first-order chi connectivity index (χ1) is 9.39. The molecule has 4 heteroatoms. The molecule has 0 saturated carbocycles. The largest absolute Gasteiger partial charge is 0.508 e. The molecule has 20 heavy (non-hydrogen) atoms. The molecule has 0 aromatic rings. The van der Waals surface area contributed by atoms with Crippen molar-refractivity contribution in [2.45, 2.75) is 26.7 Å². The van der Waals surface area contributed by atoms with Crippen LogP contribution in [-0.4, -0.2) is 52.9 Å². The van der Waals surface area contributed by atoms with Crippen molar-refractivity contribution in [1.29, 1.82) is 0 Å². The van der Waals surface area contributed by atoms with Crippen LogP contribution in [0.2, 0.25) is 0 Å². The number of likely N-dealkylation sites (tertiary alicyclic amines) is 1. The molecule has 1 N–H and O–H groups in total. The van der Waals surface area contributed by atoms with E-state index in [1.807, 2.05) is 0 Å². The van der Waals surface area contributed by atoms with E-state index in [4.69, 9.17) is 0 Å². The predicted octanol–water partition coefficient (Wildman–Crippen LogP) is 1.93. The molecule has 108 valence electrons. The van der Waals surface area contributed by atoms with Crippen LogP contribution in [0.5, 0.6) is 0 Å². The molecule has 2 aliphatic heterocycles. The monoisotopic (exact) mass is 276 g/mol. The highest BCUT2D eigenvalue weighted by Gasteiger charge is 2.36. The summed E-state index contributed by atoms with van der Waals surface area (Å²) in [6, 6.07) is 0. The van der Waals surface area contributed by atoms with Crippen LogP contribution in [0.15, 0.2) is 24.0 Å². The van der Waals surface area contributed by atoms with Crippen molar-refractivity contribution < 1.29 is 14.5 Å². The lowest BCUT2D eigenvalue weighted by Crippen LogP contribution is -2.41. The Hall–Kier alpha value is -1.55. The van der Waals surface area contributed by atoms with Gasteiger partial charge in [0.15, 0.2) is 6.54 Å². The standard InChI is InChI=1S/C16H23N2O2/c1-13(19)14-5-4-8-18(15(14)20)12-11-17-9-6-16(2,3)7-10-17/h4-5,8H,1,6-7,9-12H2,2-3H3/q+1/p+1. The number of allylic oxidation sites excluding steroid dienone is 1. The Morgan fingerprint density at radius 3 is 2.75 bits per heavy atom. The van der Waals surface area contributed by atoms with Crippen molar-refractivity contribution in [3.05, 3.63) is 30.4 Å². The summed E-state index contributed by atoms with van der Waals surface area (Å²) in [6.07, 6.45) is 7.55. The van der Waals surface area contributed by atoms with Crippen LogP contribution >= 0.6 is 0 Å². The molecule has 0 aromatic carbocycles. The Balaban J connectivity index is 1.85. The highest BCUT2D eigenvalue weighted by molar-refractivity contribution is 5.96. The van der Waals surface area contributed by atoms with Crippen molar-refractivity contribution in [3.63, 3.8) is 0 Å². The number of nitrogens with zero attached hydrogens (tertiary/aromatic N) is 2. The minimum absolute atomic E-state index is 0.163. The topological polar surface area (TPSA) is 43.6 Å². The minimum atomic E-state index is -0.169. The number of carbonyl (C=O) groups excluding carboxylic acids is 1. The zero-order valence-corrected chi connectivity index (χ0v) is 12.4. The van der Waals surface area contributed by atoms with Crippen LogP contribution in [-0.2, 0) is 4.79 Å². The van der Waals surface area contributed by atoms with Crippen LogP contribution in [0, 0.1) is 11.8 Å². The first-order valence-electron chi connectivity index (χ1n) is 7.19. The van der Waals surface area contributed by atoms with Crippen molar-refractivity contribution in [3.8, 4) is 0 Å². The summed E-state index contributed by atoms with van der Waals surface area (Å²) in [6.45, 7) is 11.8. The summed E-state index contributed by atoms with van der Waals surface area (Å²) < 4.78 is 1.65. The van der Waals surface area contributed by atoms with Crippen LogP contribution < -0.4 is 0 Å². The number of amides is 1. The van der Waals surface area contributed by atoms with E-state index in [1.54, 1.807) is 23.3 Å². The first-order valence-corrected chi connectivity index (χ1v) is 7.19. The van der Waals surface area contributed by atoms with E-state index in [0.29, 0.717) is 12.0 Å². The number of piperidine rings is 1. The highest BCUT2D eigenvalue weighted by Crippen LogP contribution is 2.29. The fraction of sp³-hybridized carbons (Fsp3) is 0.562. The van der Waals surface area contributed by atoms with E-state index < -0.39 is 0 Å². The van der Waals surface area contributed by atoms with Crippen molar-refractivity contribution >= 4 is 12.1 Å². The molecule has 0 bridgehead atoms. The van der Waals surface area contributed by atoms with E-state index >= 15 is 0 Å². The maximum absolute atomic E-state index is 12.1. The number of carbonyl (C=O) groups is 1. The molecule has 2 rings (SSSR count). The highest BCUT2D eigenvalue weighted by atomic mass is 16.3. The number of hydrogen-bond donors (Lipinski definition) is 1. The van der Waals surface area contributed by atoms with E-state index in [2.05, 4.69) is 25.3 Å². The molecule has 0 atom stereocenters. The third kappa shape index (κ3) is 3.51. The van der Waals surface area contributed by atoms with Gasteiger partial charge in [-0.3, -0.25) is 4.90 Å². The number of rotatable bonds is 4. The van der Waals surface area contributed by atoms with E-state index in [1.165, 1.54) is 12.8 Å². The molecule has 0 aromatic heterocycles. The Kier molecular flexibility index (Phi) is 4.33. The van der Waals surface area contributed by atoms with Gasteiger partial charge >= 0.3 is 5.91 Å². The number of hydrogen-bond acceptors (Lipinski definition) is 3. The molecular weight excluding hydrogens is 252 g/mol. The van der Waals surface area contributed by atoms with Gasteiger partial charge in [0.2, 0.25) is 5.76 Å². The third-order valence-electron chi connectivity index (χ3n) is 4.20. The molecule has 1 saturated heterocycles. The lowest BCUT2D eigenvalue weighted by molar-refractivity contribution is -0.442. The van der Waals surface area contributed by atoms with Gasteiger partial charge in [-0.2, -0.15) is 4.79 Å². The SMILES string of the molecule is C=C(O)C1=C[CH+]C=[N+](CCN2CCC(C)(C)CC2)C1=O. The molecule has 0 unspecified atom stereocenters. The molecule has 4 nitrogen and oxygen atoms in total. The van der Waals surface area contributed by atoms with Gasteiger partial charge in [0.05, 0.1) is 6.54 Å². The van der Waals surface area contributed by atoms with Gasteiger partial charge in [-0.15, -0.1) is 4.58 Å². The summed E-state index contributed by atoms with van der Waals surface area (Å²) >= 11 is 0. The molecule has 0 aliphatic carbocycles. The molecule has 1 fully saturated rings. The molecule has 2 heterocycles. The molecule has 0 radical (unpaired) electrons. The van der Waals surface area contributed by atoms with Gasteiger partial charge in [-0.05, 0) is 37.9 Å². The Labute approximate surface area is 121 Å². The summed E-state index contributed by atoms with van der Waals surface area (Å²) in [4.78, 5) is 14.5. The fourth-order valence-electron chi connectivity index (χ4n) is 2.56. The summed E-state index contributed by atoms with van der Waals surface area (Å²) in [5.41, 5.74) is 0.731. The van der Waals surface area contributed by atoms with Crippen LogP contribution in [0.4, 0.5) is 0 Å². The Bertz CT molecular complexity index is 465. The van der Waals surface area contributed by atoms with E-state index in [-0.39, 0.29) is 17.2 Å². The number of aliphatic hydroxyl groups excluding tert-OH is 1. The normalized spacial score (nSPS) is 22.8. The Morgan fingerprint density at radius 1 is 1.50 bits per heavy atom. The van der Waals surface area contributed by atoms with Crippen LogP contribution in [0.3, 0.4) is 0 Å². The van der Waals surface area contributed by atoms with E-state index in [0.717, 1.165) is 19.6 Å². The molecule has 0 spiro atoms. The van der Waals surface area contributed by atoms with Gasteiger partial charge in [0.1, 0.15) is 12.5 Å². The summed E-state index contributed by atoms with van der Waals surface area (Å²) in [5.74, 6) is -0.332. The summed E-state index contributed by atoms with van der Waals surface area (Å²) in [5, 5.41) is 9.39. The summed E-state index contributed by atoms with van der Waals surface area (Å²) in [7, 11) is 0. The van der Waals surface area contributed by atoms with Gasteiger partial charge in [-0.1, -0.05) is 13.8 Å². The van der Waals surface area contributed by atoms with Crippen LogP contribution in [0.25, 0.3) is 0 Å². The fourth-order valence-corrected chi connectivity index (χ4v) is 2.56. The second-order valence-electron chi connectivity index (χ2n) is 6.37. The predicted molar refractivity (Wildman–Crippen MR) is 79.8 cm³/mol. The second-order valence-corrected chi connectivity index (χ2v) is 6.37. The average Bonchev–Trinajstić information content (AvgIpc) is 2.38. The van der Waals surface area contributed by atoms with Crippen molar-refractivity contribution in [2.75, 3.05) is 26.2 Å². The van der Waals surface area contributed by atoms with Gasteiger partial charge in [-0.25, -0.2) is 0 Å². The Morgan fingerprint density at radius 2 is 2.15 bits per heavy atom. The zero-order chi connectivity index (χ0) is 14.8. The molecule has 1 amide bonds.